The first-order valence-electron chi connectivity index (χ1n) is 8.19. The van der Waals surface area contributed by atoms with E-state index < -0.39 is 0 Å². The van der Waals surface area contributed by atoms with Crippen molar-refractivity contribution in [2.75, 3.05) is 6.61 Å². The third kappa shape index (κ3) is 10.1. The van der Waals surface area contributed by atoms with Crippen molar-refractivity contribution in [1.29, 1.82) is 0 Å². The molecule has 3 unspecified atom stereocenters. The second-order valence-electron chi connectivity index (χ2n) is 6.58. The molecule has 0 aromatic rings. The summed E-state index contributed by atoms with van der Waals surface area (Å²) in [6.45, 7) is 15.0. The molecule has 0 aromatic carbocycles. The molecule has 0 amide bonds. The Kier molecular flexibility index (Phi) is 10.5. The van der Waals surface area contributed by atoms with Crippen molar-refractivity contribution in [3.05, 3.63) is 12.2 Å². The monoisotopic (exact) mass is 282 g/mol. The van der Waals surface area contributed by atoms with Crippen LogP contribution in [0.5, 0.6) is 0 Å². The summed E-state index contributed by atoms with van der Waals surface area (Å²) in [5.41, 5.74) is 0.483. The number of esters is 1. The van der Waals surface area contributed by atoms with Crippen molar-refractivity contribution in [3.8, 4) is 0 Å². The van der Waals surface area contributed by atoms with Crippen LogP contribution in [0.15, 0.2) is 12.2 Å². The van der Waals surface area contributed by atoms with Gasteiger partial charge in [-0.15, -0.1) is 0 Å². The van der Waals surface area contributed by atoms with E-state index in [0.717, 1.165) is 18.3 Å². The summed E-state index contributed by atoms with van der Waals surface area (Å²) in [6, 6.07) is 0. The van der Waals surface area contributed by atoms with Gasteiger partial charge in [-0.1, -0.05) is 66.4 Å². The van der Waals surface area contributed by atoms with Crippen LogP contribution in [-0.2, 0) is 9.53 Å². The first-order valence-corrected chi connectivity index (χ1v) is 8.19. The fraction of sp³-hybridized carbons (Fsp3) is 0.833. The van der Waals surface area contributed by atoms with Gasteiger partial charge in [0.15, 0.2) is 0 Å². The molecular formula is C18H34O2. The van der Waals surface area contributed by atoms with Gasteiger partial charge in [-0.3, -0.25) is 0 Å². The summed E-state index contributed by atoms with van der Waals surface area (Å²) >= 11 is 0. The lowest BCUT2D eigenvalue weighted by Gasteiger charge is -2.17. The van der Waals surface area contributed by atoms with Crippen LogP contribution in [0.25, 0.3) is 0 Å². The topological polar surface area (TPSA) is 26.3 Å². The number of carbonyl (C=O) groups is 1. The lowest BCUT2D eigenvalue weighted by molar-refractivity contribution is -0.139. The molecule has 20 heavy (non-hydrogen) atoms. The number of hydrogen-bond acceptors (Lipinski definition) is 2. The summed E-state index contributed by atoms with van der Waals surface area (Å²) in [4.78, 5) is 11.2. The van der Waals surface area contributed by atoms with Crippen LogP contribution in [0.3, 0.4) is 0 Å². The summed E-state index contributed by atoms with van der Waals surface area (Å²) in [7, 11) is 0. The molecule has 118 valence electrons. The van der Waals surface area contributed by atoms with E-state index in [0.29, 0.717) is 18.1 Å². The Bertz CT molecular complexity index is 283. The van der Waals surface area contributed by atoms with Gasteiger partial charge in [0.05, 0.1) is 6.61 Å². The lowest BCUT2D eigenvalue weighted by atomic mass is 9.90. The second-order valence-corrected chi connectivity index (χ2v) is 6.58. The van der Waals surface area contributed by atoms with Crippen LogP contribution in [0.2, 0.25) is 0 Å². The van der Waals surface area contributed by atoms with Gasteiger partial charge < -0.3 is 4.74 Å². The highest BCUT2D eigenvalue weighted by atomic mass is 16.5. The smallest absolute Gasteiger partial charge is 0.333 e. The minimum atomic E-state index is -0.265. The van der Waals surface area contributed by atoms with E-state index in [4.69, 9.17) is 4.74 Å². The highest BCUT2D eigenvalue weighted by Gasteiger charge is 2.10. The van der Waals surface area contributed by atoms with Crippen LogP contribution < -0.4 is 0 Å². The van der Waals surface area contributed by atoms with Crippen LogP contribution in [-0.4, -0.2) is 12.6 Å². The molecule has 0 N–H and O–H groups in total. The quantitative estimate of drug-likeness (QED) is 0.376. The third-order valence-electron chi connectivity index (χ3n) is 4.19. The van der Waals surface area contributed by atoms with Crippen LogP contribution in [0.1, 0.15) is 73.1 Å². The molecular weight excluding hydrogens is 248 g/mol. The molecule has 0 rings (SSSR count). The average molecular weight is 282 g/mol. The Morgan fingerprint density at radius 1 is 0.950 bits per heavy atom. The number of hydrogen-bond donors (Lipinski definition) is 0. The van der Waals surface area contributed by atoms with Gasteiger partial charge in [0.2, 0.25) is 0 Å². The zero-order chi connectivity index (χ0) is 15.5. The van der Waals surface area contributed by atoms with Crippen molar-refractivity contribution < 1.29 is 9.53 Å². The lowest BCUT2D eigenvalue weighted by Crippen LogP contribution is -2.10. The standard InChI is InChI=1S/C18H34O2/c1-7-15(4)8-9-16(5)10-11-17(6)12-13-20-18(19)14(2)3/h15-17H,2,7-13H2,1,3-6H3. The molecule has 0 bridgehead atoms. The summed E-state index contributed by atoms with van der Waals surface area (Å²) in [5.74, 6) is 2.03. The minimum Gasteiger partial charge on any atom is -0.462 e. The van der Waals surface area contributed by atoms with Gasteiger partial charge in [0, 0.05) is 5.57 Å². The molecule has 2 heteroatoms. The molecule has 0 saturated carbocycles. The normalized spacial score (nSPS) is 15.4. The second kappa shape index (κ2) is 10.9. The van der Waals surface area contributed by atoms with Gasteiger partial charge in [-0.25, -0.2) is 4.79 Å². The van der Waals surface area contributed by atoms with Gasteiger partial charge in [-0.2, -0.15) is 0 Å². The summed E-state index contributed by atoms with van der Waals surface area (Å²) in [5, 5.41) is 0. The van der Waals surface area contributed by atoms with E-state index in [1.807, 2.05) is 0 Å². The largest absolute Gasteiger partial charge is 0.462 e. The number of ether oxygens (including phenoxy) is 1. The molecule has 3 atom stereocenters. The zero-order valence-electron chi connectivity index (χ0n) is 14.2. The van der Waals surface area contributed by atoms with Crippen molar-refractivity contribution in [2.45, 2.75) is 73.1 Å². The number of rotatable bonds is 11. The Morgan fingerprint density at radius 3 is 1.85 bits per heavy atom. The molecule has 0 spiro atoms. The van der Waals surface area contributed by atoms with E-state index in [1.165, 1.54) is 32.1 Å². The fourth-order valence-electron chi connectivity index (χ4n) is 2.11. The number of carbonyl (C=O) groups excluding carboxylic acids is 1. The summed E-state index contributed by atoms with van der Waals surface area (Å²) < 4.78 is 5.14. The molecule has 0 heterocycles. The van der Waals surface area contributed by atoms with Gasteiger partial charge in [-0.05, 0) is 31.1 Å². The predicted octanol–water partition coefficient (Wildman–Crippen LogP) is 5.37. The Labute approximate surface area is 126 Å². The van der Waals surface area contributed by atoms with Crippen LogP contribution in [0.4, 0.5) is 0 Å². The molecule has 0 aliphatic rings. The van der Waals surface area contributed by atoms with E-state index in [-0.39, 0.29) is 5.97 Å². The molecule has 0 aliphatic carbocycles. The van der Waals surface area contributed by atoms with E-state index in [9.17, 15) is 4.79 Å². The highest BCUT2D eigenvalue weighted by molar-refractivity contribution is 5.86. The first kappa shape index (κ1) is 19.2. The predicted molar refractivity (Wildman–Crippen MR) is 86.6 cm³/mol. The maximum atomic E-state index is 11.2. The SMILES string of the molecule is C=C(C)C(=O)OCCC(C)CCC(C)CCC(C)CC. The van der Waals surface area contributed by atoms with Gasteiger partial charge >= 0.3 is 5.97 Å². The van der Waals surface area contributed by atoms with Crippen LogP contribution in [0, 0.1) is 17.8 Å². The molecule has 0 aliphatic heterocycles. The first-order chi connectivity index (χ1) is 9.36. The molecule has 0 radical (unpaired) electrons. The van der Waals surface area contributed by atoms with Crippen molar-refractivity contribution in [1.82, 2.24) is 0 Å². The Morgan fingerprint density at radius 2 is 1.40 bits per heavy atom. The maximum absolute atomic E-state index is 11.2. The van der Waals surface area contributed by atoms with Crippen molar-refractivity contribution >= 4 is 5.97 Å². The molecule has 2 nitrogen and oxygen atoms in total. The van der Waals surface area contributed by atoms with E-state index in [2.05, 4.69) is 34.3 Å². The van der Waals surface area contributed by atoms with E-state index in [1.54, 1.807) is 6.92 Å². The highest BCUT2D eigenvalue weighted by Crippen LogP contribution is 2.21. The minimum absolute atomic E-state index is 0.265. The van der Waals surface area contributed by atoms with E-state index >= 15 is 0 Å². The summed E-state index contributed by atoms with van der Waals surface area (Å²) in [6.07, 6.45) is 7.45. The Hall–Kier alpha value is -0.790. The van der Waals surface area contributed by atoms with Crippen molar-refractivity contribution in [3.63, 3.8) is 0 Å². The van der Waals surface area contributed by atoms with Gasteiger partial charge in [0.25, 0.3) is 0 Å². The zero-order valence-corrected chi connectivity index (χ0v) is 14.2. The Balaban J connectivity index is 3.64. The molecule has 0 fully saturated rings. The molecule has 0 aromatic heterocycles. The molecule has 0 saturated heterocycles. The average Bonchev–Trinajstić information content (AvgIpc) is 2.41. The fourth-order valence-corrected chi connectivity index (χ4v) is 2.11. The van der Waals surface area contributed by atoms with Crippen molar-refractivity contribution in [2.24, 2.45) is 17.8 Å². The van der Waals surface area contributed by atoms with Crippen LogP contribution >= 0.6 is 0 Å². The maximum Gasteiger partial charge on any atom is 0.333 e. The third-order valence-corrected chi connectivity index (χ3v) is 4.19. The van der Waals surface area contributed by atoms with Gasteiger partial charge in [0.1, 0.15) is 0 Å².